The van der Waals surface area contributed by atoms with Gasteiger partial charge in [0.05, 0.1) is 9.82 Å². The minimum atomic E-state index is -0.515. The number of hydrogen-bond donors (Lipinski definition) is 1. The Hall–Kier alpha value is -3.64. The number of anilines is 1. The van der Waals surface area contributed by atoms with E-state index in [1.807, 2.05) is 29.9 Å². The van der Waals surface area contributed by atoms with Crippen molar-refractivity contribution in [3.05, 3.63) is 76.9 Å². The van der Waals surface area contributed by atoms with E-state index in [2.05, 4.69) is 20.5 Å². The average molecular weight is 468 g/mol. The molecule has 0 aliphatic carbocycles. The van der Waals surface area contributed by atoms with Crippen molar-refractivity contribution in [1.29, 1.82) is 0 Å². The van der Waals surface area contributed by atoms with Crippen LogP contribution in [-0.4, -0.2) is 35.1 Å². The Bertz CT molecular complexity index is 1280. The largest absolute Gasteiger partial charge is 0.329 e. The average Bonchev–Trinajstić information content (AvgIpc) is 3.37. The first-order valence-corrected chi connectivity index (χ1v) is 10.9. The van der Waals surface area contributed by atoms with Crippen LogP contribution in [0.4, 0.5) is 11.4 Å². The zero-order valence-electron chi connectivity index (χ0n) is 17.0. The summed E-state index contributed by atoms with van der Waals surface area (Å²) in [6.45, 7) is 0. The van der Waals surface area contributed by atoms with Gasteiger partial charge < -0.3 is 14.5 Å². The summed E-state index contributed by atoms with van der Waals surface area (Å²) in [5.74, 6) is -0.437. The number of rotatable bonds is 7. The van der Waals surface area contributed by atoms with E-state index in [1.54, 1.807) is 42.1 Å². The first kappa shape index (κ1) is 21.6. The Balaban J connectivity index is 1.48. The van der Waals surface area contributed by atoms with Crippen LogP contribution in [-0.2, 0) is 14.1 Å². The maximum atomic E-state index is 12.7. The summed E-state index contributed by atoms with van der Waals surface area (Å²) in [6.07, 6.45) is 5.11. The fraction of sp³-hybridized carbons (Fsp3) is 0.100. The first-order valence-electron chi connectivity index (χ1n) is 9.27. The lowest BCUT2D eigenvalue weighted by atomic mass is 10.2. The van der Waals surface area contributed by atoms with Crippen LogP contribution < -0.4 is 5.32 Å². The van der Waals surface area contributed by atoms with Crippen LogP contribution in [0.25, 0.3) is 0 Å². The number of benzene rings is 2. The van der Waals surface area contributed by atoms with Crippen molar-refractivity contribution >= 4 is 40.8 Å². The molecule has 4 rings (SSSR count). The third-order valence-corrected chi connectivity index (χ3v) is 6.59. The van der Waals surface area contributed by atoms with E-state index in [0.717, 1.165) is 21.8 Å². The molecule has 0 aliphatic rings. The van der Waals surface area contributed by atoms with Gasteiger partial charge in [0.2, 0.25) is 0 Å². The molecule has 0 radical (unpaired) electrons. The predicted molar refractivity (Wildman–Crippen MR) is 120 cm³/mol. The highest BCUT2D eigenvalue weighted by Crippen LogP contribution is 2.34. The van der Waals surface area contributed by atoms with Gasteiger partial charge in [-0.2, -0.15) is 0 Å². The second kappa shape index (κ2) is 9.24. The highest BCUT2D eigenvalue weighted by atomic mass is 32.2. The van der Waals surface area contributed by atoms with Crippen molar-refractivity contribution < 1.29 is 9.72 Å². The standard InChI is InChI=1S/C20H17N7O3S2/c1-25-10-9-21-19(25)31-15-6-4-14(5-7-15)23-18(28)13-3-8-17(16(11-13)27(29)30)32-20-24-22-12-26(20)2/h3-12H,1-2H3,(H,23,28). The number of aryl methyl sites for hydroxylation is 2. The molecule has 10 nitrogen and oxygen atoms in total. The van der Waals surface area contributed by atoms with Crippen LogP contribution in [0, 0.1) is 10.1 Å². The van der Waals surface area contributed by atoms with Gasteiger partial charge in [-0.25, -0.2) is 4.98 Å². The zero-order valence-corrected chi connectivity index (χ0v) is 18.6. The fourth-order valence-electron chi connectivity index (χ4n) is 2.72. The molecule has 0 atom stereocenters. The minimum Gasteiger partial charge on any atom is -0.329 e. The zero-order chi connectivity index (χ0) is 22.7. The Labute approximate surface area is 191 Å². The van der Waals surface area contributed by atoms with Gasteiger partial charge in [0.25, 0.3) is 11.6 Å². The topological polar surface area (TPSA) is 121 Å². The molecule has 0 spiro atoms. The molecular weight excluding hydrogens is 450 g/mol. The molecule has 162 valence electrons. The number of nitro benzene ring substituents is 1. The molecule has 0 unspecified atom stereocenters. The Morgan fingerprint density at radius 2 is 1.84 bits per heavy atom. The second-order valence-corrected chi connectivity index (χ2v) is 8.72. The molecule has 1 N–H and O–H groups in total. The van der Waals surface area contributed by atoms with Crippen LogP contribution >= 0.6 is 23.5 Å². The summed E-state index contributed by atoms with van der Waals surface area (Å²) in [4.78, 5) is 29.3. The predicted octanol–water partition coefficient (Wildman–Crippen LogP) is 4.01. The Morgan fingerprint density at radius 3 is 2.47 bits per heavy atom. The number of imidazole rings is 1. The van der Waals surface area contributed by atoms with E-state index >= 15 is 0 Å². The number of aromatic nitrogens is 5. The van der Waals surface area contributed by atoms with Crippen LogP contribution in [0.2, 0.25) is 0 Å². The molecule has 0 fully saturated rings. The number of nitro groups is 1. The van der Waals surface area contributed by atoms with E-state index < -0.39 is 10.8 Å². The Morgan fingerprint density at radius 1 is 1.06 bits per heavy atom. The maximum Gasteiger partial charge on any atom is 0.284 e. The van der Waals surface area contributed by atoms with Gasteiger partial charge in [-0.1, -0.05) is 11.8 Å². The molecule has 0 bridgehead atoms. The van der Waals surface area contributed by atoms with Gasteiger partial charge in [0.15, 0.2) is 10.3 Å². The number of amides is 1. The summed E-state index contributed by atoms with van der Waals surface area (Å²) in [6, 6.07) is 11.6. The molecule has 2 aromatic carbocycles. The molecule has 0 saturated heterocycles. The van der Waals surface area contributed by atoms with Crippen molar-refractivity contribution in [3.63, 3.8) is 0 Å². The van der Waals surface area contributed by atoms with E-state index in [-0.39, 0.29) is 11.3 Å². The lowest BCUT2D eigenvalue weighted by molar-refractivity contribution is -0.387. The van der Waals surface area contributed by atoms with Crippen LogP contribution in [0.5, 0.6) is 0 Å². The Kier molecular flexibility index (Phi) is 6.23. The first-order chi connectivity index (χ1) is 15.4. The van der Waals surface area contributed by atoms with Crippen LogP contribution in [0.15, 0.2) is 81.3 Å². The van der Waals surface area contributed by atoms with Crippen molar-refractivity contribution in [2.24, 2.45) is 14.1 Å². The number of hydrogen-bond acceptors (Lipinski definition) is 8. The smallest absolute Gasteiger partial charge is 0.284 e. The van der Waals surface area contributed by atoms with Crippen molar-refractivity contribution in [2.75, 3.05) is 5.32 Å². The van der Waals surface area contributed by atoms with E-state index in [9.17, 15) is 14.9 Å². The van der Waals surface area contributed by atoms with Gasteiger partial charge in [-0.15, -0.1) is 10.2 Å². The molecule has 0 saturated carbocycles. The SMILES string of the molecule is Cn1ccnc1Sc1ccc(NC(=O)c2ccc(Sc3nncn3C)c([N+](=O)[O-])c2)cc1. The highest BCUT2D eigenvalue weighted by molar-refractivity contribution is 7.99. The molecule has 4 aromatic rings. The van der Waals surface area contributed by atoms with E-state index in [1.165, 1.54) is 24.2 Å². The number of nitrogens with zero attached hydrogens (tertiary/aromatic N) is 6. The van der Waals surface area contributed by atoms with Gasteiger partial charge in [-0.3, -0.25) is 14.9 Å². The van der Waals surface area contributed by atoms with Crippen LogP contribution in [0.1, 0.15) is 10.4 Å². The van der Waals surface area contributed by atoms with Gasteiger partial charge in [-0.05, 0) is 48.2 Å². The van der Waals surface area contributed by atoms with Crippen molar-refractivity contribution in [1.82, 2.24) is 24.3 Å². The molecule has 2 aromatic heterocycles. The number of carbonyl (C=O) groups is 1. The highest BCUT2D eigenvalue weighted by Gasteiger charge is 2.20. The van der Waals surface area contributed by atoms with Gasteiger partial charge >= 0.3 is 0 Å². The molecule has 32 heavy (non-hydrogen) atoms. The lowest BCUT2D eigenvalue weighted by Gasteiger charge is -2.08. The lowest BCUT2D eigenvalue weighted by Crippen LogP contribution is -2.12. The summed E-state index contributed by atoms with van der Waals surface area (Å²) in [5, 5.41) is 23.4. The summed E-state index contributed by atoms with van der Waals surface area (Å²) in [5.41, 5.74) is 0.595. The minimum absolute atomic E-state index is 0.174. The van der Waals surface area contributed by atoms with E-state index in [4.69, 9.17) is 0 Å². The molecule has 1 amide bonds. The summed E-state index contributed by atoms with van der Waals surface area (Å²) < 4.78 is 3.57. The van der Waals surface area contributed by atoms with Crippen molar-refractivity contribution in [2.45, 2.75) is 20.1 Å². The van der Waals surface area contributed by atoms with Gasteiger partial charge in [0, 0.05) is 48.7 Å². The van der Waals surface area contributed by atoms with Gasteiger partial charge in [0.1, 0.15) is 6.33 Å². The second-order valence-electron chi connectivity index (χ2n) is 6.67. The number of nitrogens with one attached hydrogen (secondary N) is 1. The molecule has 12 heteroatoms. The third-order valence-electron chi connectivity index (χ3n) is 4.39. The monoisotopic (exact) mass is 467 g/mol. The third kappa shape index (κ3) is 4.81. The van der Waals surface area contributed by atoms with Crippen molar-refractivity contribution in [3.8, 4) is 0 Å². The van der Waals surface area contributed by atoms with Crippen LogP contribution in [0.3, 0.4) is 0 Å². The molecule has 0 aliphatic heterocycles. The molecular formula is C20H17N7O3S2. The van der Waals surface area contributed by atoms with E-state index in [0.29, 0.717) is 15.7 Å². The molecule has 2 heterocycles. The number of carbonyl (C=O) groups excluding carboxylic acids is 1. The normalized spacial score (nSPS) is 10.8. The maximum absolute atomic E-state index is 12.7. The summed E-state index contributed by atoms with van der Waals surface area (Å²) >= 11 is 2.62. The fourth-order valence-corrected chi connectivity index (χ4v) is 4.37. The summed E-state index contributed by atoms with van der Waals surface area (Å²) in [7, 11) is 3.66. The quantitative estimate of drug-likeness (QED) is 0.320.